The maximum atomic E-state index is 12.7. The van der Waals surface area contributed by atoms with Crippen molar-refractivity contribution >= 4 is 5.95 Å². The van der Waals surface area contributed by atoms with E-state index < -0.39 is 0 Å². The van der Waals surface area contributed by atoms with E-state index in [1.54, 1.807) is 7.11 Å². The molecule has 0 spiro atoms. The Labute approximate surface area is 183 Å². The minimum atomic E-state index is -0.0190. The van der Waals surface area contributed by atoms with Crippen molar-refractivity contribution in [2.24, 2.45) is 0 Å². The molecule has 0 radical (unpaired) electrons. The fourth-order valence-electron chi connectivity index (χ4n) is 4.46. The molecule has 1 aromatic heterocycles. The molecule has 8 nitrogen and oxygen atoms in total. The van der Waals surface area contributed by atoms with Gasteiger partial charge in [0.25, 0.3) is 5.56 Å². The molecule has 2 aliphatic heterocycles. The van der Waals surface area contributed by atoms with Crippen molar-refractivity contribution in [3.8, 4) is 11.5 Å². The smallest absolute Gasteiger partial charge is 0.255 e. The number of methoxy groups -OCH3 is 1. The van der Waals surface area contributed by atoms with Crippen LogP contribution in [0.2, 0.25) is 0 Å². The van der Waals surface area contributed by atoms with Crippen LogP contribution in [0, 0.1) is 0 Å². The zero-order chi connectivity index (χ0) is 22.0. The van der Waals surface area contributed by atoms with Crippen molar-refractivity contribution in [1.29, 1.82) is 0 Å². The molecule has 31 heavy (non-hydrogen) atoms. The molecule has 3 heterocycles. The molecule has 2 aromatic rings. The molecule has 0 amide bonds. The highest BCUT2D eigenvalue weighted by Gasteiger charge is 2.27. The molecule has 1 aromatic carbocycles. The summed E-state index contributed by atoms with van der Waals surface area (Å²) >= 11 is 0. The van der Waals surface area contributed by atoms with Gasteiger partial charge in [0.2, 0.25) is 5.95 Å². The average molecular weight is 429 g/mol. The minimum Gasteiger partial charge on any atom is -0.493 e. The molecule has 2 aliphatic rings. The quantitative estimate of drug-likeness (QED) is 0.757. The number of aromatic amines is 1. The number of aromatic nitrogens is 2. The number of ether oxygens (including phenoxy) is 3. The van der Waals surface area contributed by atoms with E-state index in [0.717, 1.165) is 54.5 Å². The Hall–Kier alpha value is -2.58. The normalized spacial score (nSPS) is 21.6. The number of morpholine rings is 1. The van der Waals surface area contributed by atoms with Gasteiger partial charge in [0, 0.05) is 38.3 Å². The number of anilines is 1. The van der Waals surface area contributed by atoms with Crippen molar-refractivity contribution in [2.75, 3.05) is 38.3 Å². The maximum Gasteiger partial charge on any atom is 0.255 e. The lowest BCUT2D eigenvalue weighted by molar-refractivity contribution is -0.00576. The summed E-state index contributed by atoms with van der Waals surface area (Å²) in [7, 11) is 1.65. The van der Waals surface area contributed by atoms with E-state index in [4.69, 9.17) is 19.2 Å². The Bertz CT molecular complexity index is 967. The summed E-state index contributed by atoms with van der Waals surface area (Å²) in [5.74, 6) is 2.14. The molecule has 2 atom stereocenters. The molecule has 1 saturated heterocycles. The van der Waals surface area contributed by atoms with E-state index in [0.29, 0.717) is 25.5 Å². The number of rotatable bonds is 6. The van der Waals surface area contributed by atoms with Crippen LogP contribution in [0.1, 0.15) is 37.6 Å². The second-order valence-electron chi connectivity index (χ2n) is 8.36. The van der Waals surface area contributed by atoms with Gasteiger partial charge in [-0.15, -0.1) is 0 Å². The van der Waals surface area contributed by atoms with Crippen molar-refractivity contribution in [3.63, 3.8) is 0 Å². The highest BCUT2D eigenvalue weighted by molar-refractivity contribution is 5.43. The molecule has 0 bridgehead atoms. The summed E-state index contributed by atoms with van der Waals surface area (Å²) in [4.78, 5) is 25.0. The van der Waals surface area contributed by atoms with Crippen LogP contribution in [-0.4, -0.2) is 60.4 Å². The Morgan fingerprint density at radius 1 is 1.23 bits per heavy atom. The monoisotopic (exact) mass is 428 g/mol. The van der Waals surface area contributed by atoms with Gasteiger partial charge in [0.1, 0.15) is 0 Å². The number of benzene rings is 1. The molecule has 1 N–H and O–H groups in total. The van der Waals surface area contributed by atoms with E-state index >= 15 is 0 Å². The number of nitrogens with one attached hydrogen (secondary N) is 1. The van der Waals surface area contributed by atoms with Gasteiger partial charge in [-0.1, -0.05) is 6.07 Å². The molecule has 1 fully saturated rings. The lowest BCUT2D eigenvalue weighted by atomic mass is 10.1. The zero-order valence-electron chi connectivity index (χ0n) is 18.8. The molecule has 0 unspecified atom stereocenters. The average Bonchev–Trinajstić information content (AvgIpc) is 2.73. The van der Waals surface area contributed by atoms with E-state index in [1.807, 2.05) is 32.9 Å². The molecule has 8 heteroatoms. The first-order valence-electron chi connectivity index (χ1n) is 11.0. The third-order valence-corrected chi connectivity index (χ3v) is 5.79. The number of hydrogen-bond acceptors (Lipinski definition) is 7. The van der Waals surface area contributed by atoms with Gasteiger partial charge in [0.15, 0.2) is 11.5 Å². The Kier molecular flexibility index (Phi) is 6.48. The summed E-state index contributed by atoms with van der Waals surface area (Å²) in [6, 6.07) is 6.04. The number of fused-ring (bicyclic) bond motifs is 1. The van der Waals surface area contributed by atoms with Crippen LogP contribution in [0.3, 0.4) is 0 Å². The van der Waals surface area contributed by atoms with Gasteiger partial charge in [-0.25, -0.2) is 4.98 Å². The number of hydrogen-bond donors (Lipinski definition) is 1. The van der Waals surface area contributed by atoms with Crippen LogP contribution in [0.25, 0.3) is 0 Å². The van der Waals surface area contributed by atoms with E-state index in [2.05, 4.69) is 20.9 Å². The first-order valence-corrected chi connectivity index (χ1v) is 11.0. The van der Waals surface area contributed by atoms with E-state index in [9.17, 15) is 4.79 Å². The second kappa shape index (κ2) is 9.28. The van der Waals surface area contributed by atoms with Crippen molar-refractivity contribution < 1.29 is 14.2 Å². The van der Waals surface area contributed by atoms with Crippen LogP contribution in [0.15, 0.2) is 23.0 Å². The van der Waals surface area contributed by atoms with Gasteiger partial charge in [-0.2, -0.15) is 0 Å². The molecule has 168 valence electrons. The third-order valence-electron chi connectivity index (χ3n) is 5.79. The first-order chi connectivity index (χ1) is 15.0. The van der Waals surface area contributed by atoms with Crippen molar-refractivity contribution in [2.45, 2.75) is 52.5 Å². The molecule has 0 aliphatic carbocycles. The maximum absolute atomic E-state index is 12.7. The van der Waals surface area contributed by atoms with E-state index in [-0.39, 0.29) is 17.8 Å². The van der Waals surface area contributed by atoms with Crippen LogP contribution in [-0.2, 0) is 24.2 Å². The summed E-state index contributed by atoms with van der Waals surface area (Å²) in [6.45, 7) is 10.3. The highest BCUT2D eigenvalue weighted by Crippen LogP contribution is 2.29. The van der Waals surface area contributed by atoms with Crippen LogP contribution >= 0.6 is 0 Å². The van der Waals surface area contributed by atoms with Crippen molar-refractivity contribution in [3.05, 3.63) is 45.4 Å². The lowest BCUT2D eigenvalue weighted by Crippen LogP contribution is -2.47. The highest BCUT2D eigenvalue weighted by atomic mass is 16.5. The van der Waals surface area contributed by atoms with Crippen LogP contribution in [0.4, 0.5) is 5.95 Å². The summed E-state index contributed by atoms with van der Waals surface area (Å²) in [5, 5.41) is 0. The Morgan fingerprint density at radius 2 is 2.00 bits per heavy atom. The number of nitrogens with zero attached hydrogens (tertiary/aromatic N) is 3. The largest absolute Gasteiger partial charge is 0.493 e. The summed E-state index contributed by atoms with van der Waals surface area (Å²) in [6.07, 6.45) is 0.912. The SMILES string of the molecule is CCOc1cc(CN2CCc3c(nc(N4C[C@@H](C)O[C@@H](C)C4)[nH]c3=O)C2)ccc1OC. The predicted octanol–water partition coefficient (Wildman–Crippen LogP) is 2.35. The van der Waals surface area contributed by atoms with Gasteiger partial charge < -0.3 is 19.1 Å². The zero-order valence-corrected chi connectivity index (χ0v) is 18.8. The predicted molar refractivity (Wildman–Crippen MR) is 119 cm³/mol. The topological polar surface area (TPSA) is 79.9 Å². The minimum absolute atomic E-state index is 0.0190. The first kappa shape index (κ1) is 21.6. The van der Waals surface area contributed by atoms with E-state index in [1.165, 1.54) is 0 Å². The van der Waals surface area contributed by atoms with Crippen molar-refractivity contribution in [1.82, 2.24) is 14.9 Å². The van der Waals surface area contributed by atoms with Crippen LogP contribution < -0.4 is 19.9 Å². The number of H-pyrrole nitrogens is 1. The lowest BCUT2D eigenvalue weighted by Gasteiger charge is -2.36. The Morgan fingerprint density at radius 3 is 2.71 bits per heavy atom. The second-order valence-corrected chi connectivity index (χ2v) is 8.36. The van der Waals surface area contributed by atoms with Gasteiger partial charge in [-0.05, 0) is 44.9 Å². The summed E-state index contributed by atoms with van der Waals surface area (Å²) < 4.78 is 16.9. The summed E-state index contributed by atoms with van der Waals surface area (Å²) in [5.41, 5.74) is 2.80. The van der Waals surface area contributed by atoms with Gasteiger partial charge >= 0.3 is 0 Å². The van der Waals surface area contributed by atoms with Gasteiger partial charge in [0.05, 0.1) is 31.6 Å². The molecular formula is C23H32N4O4. The van der Waals surface area contributed by atoms with Gasteiger partial charge in [-0.3, -0.25) is 14.7 Å². The Balaban J connectivity index is 1.52. The fraction of sp³-hybridized carbons (Fsp3) is 0.565. The fourth-order valence-corrected chi connectivity index (χ4v) is 4.46. The third kappa shape index (κ3) is 4.85. The standard InChI is InChI=1S/C23H32N4O4/c1-5-30-21-10-17(6-7-20(21)29-4)13-26-9-8-18-19(14-26)24-23(25-22(18)28)27-11-15(2)31-16(3)12-27/h6-7,10,15-16H,5,8-9,11-14H2,1-4H3,(H,24,25,28)/t15-,16+. The molecular weight excluding hydrogens is 396 g/mol. The van der Waals surface area contributed by atoms with Crippen LogP contribution in [0.5, 0.6) is 11.5 Å². The molecule has 4 rings (SSSR count). The molecule has 0 saturated carbocycles.